The Labute approximate surface area is 150 Å². The molecule has 24 heavy (non-hydrogen) atoms. The van der Waals surface area contributed by atoms with E-state index >= 15 is 0 Å². The predicted molar refractivity (Wildman–Crippen MR) is 90.5 cm³/mol. The molecular formula is C20H24ClNO2. The largest absolute Gasteiger partial charge is 1.00 e. The number of hydrogen-bond acceptors (Lipinski definition) is 2. The molecule has 0 heterocycles. The number of esters is 1. The van der Waals surface area contributed by atoms with E-state index in [1.807, 2.05) is 36.4 Å². The summed E-state index contributed by atoms with van der Waals surface area (Å²) in [5.41, 5.74) is 2.67. The van der Waals surface area contributed by atoms with E-state index in [1.165, 1.54) is 17.6 Å². The number of ether oxygens (including phenoxy) is 1. The van der Waals surface area contributed by atoms with Crippen LogP contribution in [-0.4, -0.2) is 27.2 Å². The second-order valence-corrected chi connectivity index (χ2v) is 6.52. The fourth-order valence-corrected chi connectivity index (χ4v) is 3.97. The normalized spacial score (nSPS) is 22.4. The highest BCUT2D eigenvalue weighted by molar-refractivity contribution is 5.88. The van der Waals surface area contributed by atoms with Crippen molar-refractivity contribution in [2.24, 2.45) is 0 Å². The number of quaternary nitrogens is 1. The molecule has 0 saturated carbocycles. The summed E-state index contributed by atoms with van der Waals surface area (Å²) in [5.74, 6) is -0.164. The number of methoxy groups -OCH3 is 1. The minimum atomic E-state index is -0.696. The third-order valence-corrected chi connectivity index (χ3v) is 5.10. The van der Waals surface area contributed by atoms with Gasteiger partial charge in [-0.1, -0.05) is 54.6 Å². The van der Waals surface area contributed by atoms with Gasteiger partial charge in [-0.15, -0.1) is 0 Å². The first kappa shape index (κ1) is 18.5. The lowest BCUT2D eigenvalue weighted by Gasteiger charge is -2.40. The Kier molecular flexibility index (Phi) is 5.68. The van der Waals surface area contributed by atoms with Gasteiger partial charge in [0, 0.05) is 12.0 Å². The molecule has 1 N–H and O–H groups in total. The van der Waals surface area contributed by atoms with Gasteiger partial charge in [-0.25, -0.2) is 0 Å². The molecule has 2 aromatic carbocycles. The van der Waals surface area contributed by atoms with Crippen molar-refractivity contribution in [1.82, 2.24) is 0 Å². The van der Waals surface area contributed by atoms with Crippen LogP contribution in [0.15, 0.2) is 54.6 Å². The first-order chi connectivity index (χ1) is 11.1. The molecule has 3 rings (SSSR count). The maximum Gasteiger partial charge on any atom is 0.320 e. The molecule has 0 spiro atoms. The zero-order chi connectivity index (χ0) is 16.4. The predicted octanol–water partition coefficient (Wildman–Crippen LogP) is -0.871. The molecule has 0 bridgehead atoms. The highest BCUT2D eigenvalue weighted by atomic mass is 35.5. The minimum absolute atomic E-state index is 0. The topological polar surface area (TPSA) is 30.7 Å². The van der Waals surface area contributed by atoms with E-state index in [4.69, 9.17) is 4.74 Å². The van der Waals surface area contributed by atoms with Gasteiger partial charge in [-0.3, -0.25) is 4.79 Å². The number of rotatable bonds is 3. The van der Waals surface area contributed by atoms with Crippen LogP contribution in [0.2, 0.25) is 0 Å². The number of carbonyl (C=O) groups excluding carboxylic acids is 1. The summed E-state index contributed by atoms with van der Waals surface area (Å²) in [6, 6.07) is 18.8. The zero-order valence-electron chi connectivity index (χ0n) is 14.4. The number of benzene rings is 2. The number of halogens is 1. The van der Waals surface area contributed by atoms with Crippen LogP contribution in [0.3, 0.4) is 0 Å². The van der Waals surface area contributed by atoms with E-state index in [9.17, 15) is 4.79 Å². The van der Waals surface area contributed by atoms with Gasteiger partial charge in [0.25, 0.3) is 0 Å². The Morgan fingerprint density at radius 3 is 2.33 bits per heavy atom. The molecule has 2 atom stereocenters. The number of hydrogen-bond donors (Lipinski definition) is 1. The van der Waals surface area contributed by atoms with Crippen molar-refractivity contribution >= 4 is 5.97 Å². The number of nitrogens with one attached hydrogen (secondary N) is 1. The lowest BCUT2D eigenvalue weighted by Crippen LogP contribution is -3.06. The van der Waals surface area contributed by atoms with Crippen molar-refractivity contribution in [3.8, 4) is 0 Å². The zero-order valence-corrected chi connectivity index (χ0v) is 15.1. The van der Waals surface area contributed by atoms with Crippen molar-refractivity contribution < 1.29 is 26.8 Å². The highest BCUT2D eigenvalue weighted by Gasteiger charge is 2.49. The summed E-state index contributed by atoms with van der Waals surface area (Å²) in [7, 11) is 5.84. The van der Waals surface area contributed by atoms with Gasteiger partial charge in [0.2, 0.25) is 0 Å². The van der Waals surface area contributed by atoms with E-state index < -0.39 is 5.41 Å². The minimum Gasteiger partial charge on any atom is -1.00 e. The van der Waals surface area contributed by atoms with Crippen LogP contribution in [0, 0.1) is 0 Å². The lowest BCUT2D eigenvalue weighted by molar-refractivity contribution is -0.893. The van der Waals surface area contributed by atoms with Crippen molar-refractivity contribution in [3.05, 3.63) is 71.3 Å². The third kappa shape index (κ3) is 2.83. The van der Waals surface area contributed by atoms with Gasteiger partial charge in [0.05, 0.1) is 21.2 Å². The number of fused-ring (bicyclic) bond motifs is 1. The fourth-order valence-electron chi connectivity index (χ4n) is 3.97. The molecule has 3 nitrogen and oxygen atoms in total. The molecule has 0 saturated heterocycles. The standard InChI is InChI=1S/C20H23NO2.ClH/c1-21(2)18-13-14-20(19(22)23-3,15-9-5-4-6-10-15)17-12-8-7-11-16(17)18;/h4-12,18H,13-14H2,1-3H3;1H/t18?,20-;/m1./s1. The molecule has 1 unspecified atom stereocenters. The van der Waals surface area contributed by atoms with Gasteiger partial charge in [-0.05, 0) is 17.5 Å². The average Bonchev–Trinajstić information content (AvgIpc) is 2.60. The summed E-state index contributed by atoms with van der Waals surface area (Å²) in [6.07, 6.45) is 1.74. The second-order valence-electron chi connectivity index (χ2n) is 6.52. The molecule has 0 fully saturated rings. The second kappa shape index (κ2) is 7.37. The van der Waals surface area contributed by atoms with E-state index in [2.05, 4.69) is 32.3 Å². The molecule has 1 aliphatic rings. The van der Waals surface area contributed by atoms with Crippen LogP contribution in [0.4, 0.5) is 0 Å². The van der Waals surface area contributed by atoms with Crippen molar-refractivity contribution in [2.75, 3.05) is 21.2 Å². The average molecular weight is 346 g/mol. The quantitative estimate of drug-likeness (QED) is 0.733. The summed E-state index contributed by atoms with van der Waals surface area (Å²) in [5, 5.41) is 0. The van der Waals surface area contributed by atoms with Crippen LogP contribution in [0.5, 0.6) is 0 Å². The maximum atomic E-state index is 12.9. The molecular weight excluding hydrogens is 322 g/mol. The Morgan fingerprint density at radius 2 is 1.71 bits per heavy atom. The van der Waals surface area contributed by atoms with E-state index in [0.717, 1.165) is 24.0 Å². The first-order valence-corrected chi connectivity index (χ1v) is 8.14. The van der Waals surface area contributed by atoms with Gasteiger partial charge in [-0.2, -0.15) is 0 Å². The van der Waals surface area contributed by atoms with Gasteiger partial charge in [0.1, 0.15) is 11.5 Å². The Hall–Kier alpha value is -1.84. The SMILES string of the molecule is COC(=O)[C@@]1(c2ccccc2)CCC([NH+](C)C)c2ccccc21.[Cl-]. The molecule has 0 aliphatic heterocycles. The molecule has 2 aromatic rings. The van der Waals surface area contributed by atoms with Crippen LogP contribution in [0.1, 0.15) is 35.6 Å². The smallest absolute Gasteiger partial charge is 0.320 e. The van der Waals surface area contributed by atoms with Crippen molar-refractivity contribution in [2.45, 2.75) is 24.3 Å². The van der Waals surface area contributed by atoms with Crippen molar-refractivity contribution in [1.29, 1.82) is 0 Å². The van der Waals surface area contributed by atoms with E-state index in [1.54, 1.807) is 0 Å². The third-order valence-electron chi connectivity index (χ3n) is 5.10. The molecule has 0 aromatic heterocycles. The fraction of sp³-hybridized carbons (Fsp3) is 0.350. The van der Waals surface area contributed by atoms with Gasteiger partial charge in [0.15, 0.2) is 0 Å². The van der Waals surface area contributed by atoms with Crippen LogP contribution in [0.25, 0.3) is 0 Å². The Morgan fingerprint density at radius 1 is 1.08 bits per heavy atom. The maximum absolute atomic E-state index is 12.9. The Bertz CT molecular complexity index is 702. The van der Waals surface area contributed by atoms with E-state index in [0.29, 0.717) is 6.04 Å². The molecule has 4 heteroatoms. The molecule has 1 aliphatic carbocycles. The van der Waals surface area contributed by atoms with E-state index in [-0.39, 0.29) is 18.4 Å². The van der Waals surface area contributed by atoms with Crippen LogP contribution in [-0.2, 0) is 14.9 Å². The highest BCUT2D eigenvalue weighted by Crippen LogP contribution is 2.46. The first-order valence-electron chi connectivity index (χ1n) is 8.14. The van der Waals surface area contributed by atoms with Gasteiger partial charge < -0.3 is 22.0 Å². The summed E-state index contributed by atoms with van der Waals surface area (Å²) in [6.45, 7) is 0. The molecule has 128 valence electrons. The summed E-state index contributed by atoms with van der Waals surface area (Å²) in [4.78, 5) is 14.3. The summed E-state index contributed by atoms with van der Waals surface area (Å²) < 4.78 is 5.25. The molecule has 0 radical (unpaired) electrons. The monoisotopic (exact) mass is 345 g/mol. The van der Waals surface area contributed by atoms with Crippen molar-refractivity contribution in [3.63, 3.8) is 0 Å². The summed E-state index contributed by atoms with van der Waals surface area (Å²) >= 11 is 0. The number of carbonyl (C=O) groups is 1. The van der Waals surface area contributed by atoms with Crippen LogP contribution < -0.4 is 17.3 Å². The molecule has 0 amide bonds. The lowest BCUT2D eigenvalue weighted by atomic mass is 9.64. The van der Waals surface area contributed by atoms with Crippen LogP contribution >= 0.6 is 0 Å². The van der Waals surface area contributed by atoms with Gasteiger partial charge >= 0.3 is 5.97 Å². The Balaban J connectivity index is 0.00000208.